The normalized spacial score (nSPS) is 24.6. The van der Waals surface area contributed by atoms with Crippen molar-refractivity contribution in [3.63, 3.8) is 0 Å². The predicted molar refractivity (Wildman–Crippen MR) is 138 cm³/mol. The lowest BCUT2D eigenvalue weighted by molar-refractivity contribution is -0.137. The fourth-order valence-corrected chi connectivity index (χ4v) is 6.24. The molecule has 3 aromatic rings. The minimum Gasteiger partial charge on any atom is -0.361 e. The Morgan fingerprint density at radius 1 is 1.26 bits per heavy atom. The molecule has 4 heterocycles. The van der Waals surface area contributed by atoms with Gasteiger partial charge in [0.05, 0.1) is 33.9 Å². The van der Waals surface area contributed by atoms with Gasteiger partial charge in [0.25, 0.3) is 0 Å². The summed E-state index contributed by atoms with van der Waals surface area (Å²) in [5.41, 5.74) is 1.43. The van der Waals surface area contributed by atoms with Gasteiger partial charge in [-0.15, -0.1) is 0 Å². The van der Waals surface area contributed by atoms with Gasteiger partial charge in [-0.05, 0) is 44.4 Å². The van der Waals surface area contributed by atoms with Gasteiger partial charge < -0.3 is 20.1 Å². The van der Waals surface area contributed by atoms with Crippen LogP contribution in [0.25, 0.3) is 11.2 Å². The van der Waals surface area contributed by atoms with Gasteiger partial charge in [-0.1, -0.05) is 18.5 Å². The van der Waals surface area contributed by atoms with Crippen LogP contribution in [0, 0.1) is 6.92 Å². The van der Waals surface area contributed by atoms with Gasteiger partial charge in [0.1, 0.15) is 11.7 Å². The van der Waals surface area contributed by atoms with E-state index in [0.717, 1.165) is 43.3 Å². The quantitative estimate of drug-likeness (QED) is 0.506. The highest BCUT2D eigenvalue weighted by molar-refractivity contribution is 6.33. The number of halogens is 4. The average molecular weight is 547 g/mol. The Balaban J connectivity index is 1.45. The van der Waals surface area contributed by atoms with Crippen molar-refractivity contribution in [1.82, 2.24) is 19.9 Å². The largest absolute Gasteiger partial charge is 0.416 e. The van der Waals surface area contributed by atoms with Crippen molar-refractivity contribution in [1.29, 1.82) is 0 Å². The number of nitrogens with zero attached hydrogens (tertiary/aromatic N) is 4. The maximum atomic E-state index is 13.9. The Morgan fingerprint density at radius 3 is 2.74 bits per heavy atom. The maximum absolute atomic E-state index is 13.9. The molecule has 1 saturated carbocycles. The Morgan fingerprint density at radius 2 is 2.05 bits per heavy atom. The number of aryl methyl sites for hydroxylation is 1. The van der Waals surface area contributed by atoms with Crippen molar-refractivity contribution in [3.8, 4) is 0 Å². The number of hydrogen-bond acceptors (Lipinski definition) is 6. The Bertz CT molecular complexity index is 1520. The zero-order valence-electron chi connectivity index (χ0n) is 20.8. The van der Waals surface area contributed by atoms with Crippen molar-refractivity contribution in [2.24, 2.45) is 0 Å². The molecule has 0 radical (unpaired) electrons. The first kappa shape index (κ1) is 25.1. The van der Waals surface area contributed by atoms with Crippen molar-refractivity contribution in [3.05, 3.63) is 56.6 Å². The topological polar surface area (TPSA) is 92.2 Å². The molecular weight excluding hydrogens is 521 g/mol. The number of piperazine rings is 1. The molecule has 1 saturated heterocycles. The molecule has 1 aromatic carbocycles. The van der Waals surface area contributed by atoms with E-state index in [1.807, 2.05) is 6.92 Å². The average Bonchev–Trinajstić information content (AvgIpc) is 3.18. The van der Waals surface area contributed by atoms with Crippen molar-refractivity contribution in [2.45, 2.75) is 63.3 Å². The summed E-state index contributed by atoms with van der Waals surface area (Å²) in [6.45, 7) is 5.15. The minimum atomic E-state index is -4.55. The Hall–Kier alpha value is -3.18. The molecule has 2 fully saturated rings. The summed E-state index contributed by atoms with van der Waals surface area (Å²) in [6, 6.07) is 2.59. The van der Waals surface area contributed by atoms with E-state index in [-0.39, 0.29) is 33.6 Å². The number of hydrogen-bond donors (Lipinski definition) is 2. The van der Waals surface area contributed by atoms with E-state index in [1.165, 1.54) is 0 Å². The third-order valence-electron chi connectivity index (χ3n) is 7.93. The van der Waals surface area contributed by atoms with Gasteiger partial charge in [0, 0.05) is 31.1 Å². The fraction of sp³-hybridized carbons (Fsp3) is 0.462. The Labute approximate surface area is 221 Å². The summed E-state index contributed by atoms with van der Waals surface area (Å²) in [7, 11) is 0. The number of alkyl halides is 3. The summed E-state index contributed by atoms with van der Waals surface area (Å²) in [5.74, 6) is -0.588. The van der Waals surface area contributed by atoms with E-state index in [1.54, 1.807) is 17.7 Å². The molecule has 200 valence electrons. The van der Waals surface area contributed by atoms with Crippen LogP contribution in [0.5, 0.6) is 0 Å². The SMILES string of the molecule is Cc1cnc2c(n1)c(=O)c(N1CCN[C@H]3CC[C@@H]31)c1n2[C@@H](C(=O)Nc2ccc(C(F)(F)F)cc2Cl)C[C@H]1C. The third-order valence-corrected chi connectivity index (χ3v) is 8.24. The molecule has 2 aliphatic heterocycles. The molecule has 0 bridgehead atoms. The van der Waals surface area contributed by atoms with Crippen LogP contribution >= 0.6 is 11.6 Å². The fourth-order valence-electron chi connectivity index (χ4n) is 6.01. The third kappa shape index (κ3) is 3.94. The van der Waals surface area contributed by atoms with Gasteiger partial charge in [0.15, 0.2) is 11.2 Å². The molecule has 4 atom stereocenters. The molecule has 2 N–H and O–H groups in total. The van der Waals surface area contributed by atoms with E-state index < -0.39 is 23.7 Å². The monoisotopic (exact) mass is 546 g/mol. The predicted octanol–water partition coefficient (Wildman–Crippen LogP) is 4.40. The van der Waals surface area contributed by atoms with Gasteiger partial charge in [-0.25, -0.2) is 9.97 Å². The van der Waals surface area contributed by atoms with E-state index in [4.69, 9.17) is 11.6 Å². The van der Waals surface area contributed by atoms with Crippen LogP contribution in [0.1, 0.15) is 55.1 Å². The standard InChI is InChI=1S/C26H26ClF3N6O2/c1-12-9-19(25(38)34-16-4-3-14(10-15(16)27)26(28,29)30)36-21(12)22(35-8-7-31-17-5-6-18(17)35)23(37)20-24(36)32-11-13(2)33-20/h3-4,10-12,17-19,31H,5-9H2,1-2H3,(H,34,38)/t12-,17+,18+,19-/m1/s1. The van der Waals surface area contributed by atoms with Crippen LogP contribution < -0.4 is 21.0 Å². The zero-order valence-corrected chi connectivity index (χ0v) is 21.5. The summed E-state index contributed by atoms with van der Waals surface area (Å²) in [5, 5.41) is 6.00. The first-order chi connectivity index (χ1) is 18.0. The van der Waals surface area contributed by atoms with E-state index in [2.05, 4.69) is 25.5 Å². The van der Waals surface area contributed by atoms with Crippen LogP contribution in [-0.2, 0) is 11.0 Å². The molecule has 8 nitrogen and oxygen atoms in total. The van der Waals surface area contributed by atoms with Gasteiger partial charge in [-0.2, -0.15) is 13.2 Å². The van der Waals surface area contributed by atoms with Crippen molar-refractivity contribution >= 4 is 40.0 Å². The number of benzene rings is 1. The zero-order chi connectivity index (χ0) is 26.9. The van der Waals surface area contributed by atoms with Gasteiger partial charge >= 0.3 is 6.18 Å². The number of rotatable bonds is 3. The number of carbonyl (C=O) groups excluding carboxylic acids is 1. The van der Waals surface area contributed by atoms with Crippen LogP contribution in [0.4, 0.5) is 24.5 Å². The van der Waals surface area contributed by atoms with Crippen molar-refractivity contribution < 1.29 is 18.0 Å². The van der Waals surface area contributed by atoms with E-state index >= 15 is 0 Å². The van der Waals surface area contributed by atoms with Gasteiger partial charge in [-0.3, -0.25) is 9.59 Å². The first-order valence-corrected chi connectivity index (χ1v) is 13.0. The molecule has 1 aliphatic carbocycles. The molecular formula is C26H26ClF3N6O2. The van der Waals surface area contributed by atoms with E-state index in [0.29, 0.717) is 36.0 Å². The lowest BCUT2D eigenvalue weighted by atomic mass is 9.82. The highest BCUT2D eigenvalue weighted by atomic mass is 35.5. The smallest absolute Gasteiger partial charge is 0.361 e. The summed E-state index contributed by atoms with van der Waals surface area (Å²) in [4.78, 5) is 38.7. The molecule has 38 heavy (non-hydrogen) atoms. The number of pyridine rings is 1. The first-order valence-electron chi connectivity index (χ1n) is 12.6. The number of amides is 1. The second-order valence-corrected chi connectivity index (χ2v) is 10.8. The Kier molecular flexibility index (Phi) is 5.91. The maximum Gasteiger partial charge on any atom is 0.416 e. The highest BCUT2D eigenvalue weighted by Gasteiger charge is 2.44. The highest BCUT2D eigenvalue weighted by Crippen LogP contribution is 2.44. The van der Waals surface area contributed by atoms with E-state index in [9.17, 15) is 22.8 Å². The number of anilines is 2. The number of nitrogens with one attached hydrogen (secondary N) is 2. The molecule has 3 aliphatic rings. The summed E-state index contributed by atoms with van der Waals surface area (Å²) in [6.07, 6.45) is -0.574. The second-order valence-electron chi connectivity index (χ2n) is 10.3. The molecule has 6 rings (SSSR count). The van der Waals surface area contributed by atoms with Crippen LogP contribution in [-0.4, -0.2) is 45.6 Å². The minimum absolute atomic E-state index is 0.0812. The van der Waals surface area contributed by atoms with Crippen molar-refractivity contribution in [2.75, 3.05) is 23.3 Å². The number of aromatic nitrogens is 3. The lowest BCUT2D eigenvalue weighted by Gasteiger charge is -2.50. The lowest BCUT2D eigenvalue weighted by Crippen LogP contribution is -2.64. The second kappa shape index (κ2) is 8.94. The van der Waals surface area contributed by atoms with Gasteiger partial charge in [0.2, 0.25) is 11.3 Å². The molecule has 12 heteroatoms. The van der Waals surface area contributed by atoms with Crippen LogP contribution in [0.15, 0.2) is 29.2 Å². The molecule has 0 unspecified atom stereocenters. The molecule has 2 aromatic heterocycles. The summed E-state index contributed by atoms with van der Waals surface area (Å²) < 4.78 is 41.0. The van der Waals surface area contributed by atoms with Crippen LogP contribution in [0.3, 0.4) is 0 Å². The molecule has 1 amide bonds. The molecule has 0 spiro atoms. The summed E-state index contributed by atoms with van der Waals surface area (Å²) >= 11 is 6.11. The number of fused-ring (bicyclic) bond motifs is 4. The van der Waals surface area contributed by atoms with Crippen LogP contribution in [0.2, 0.25) is 5.02 Å². The number of carbonyl (C=O) groups is 1.